The molecular weight excluding hydrogens is 354 g/mol. The predicted octanol–water partition coefficient (Wildman–Crippen LogP) is 5.12. The van der Waals surface area contributed by atoms with Crippen molar-refractivity contribution in [2.75, 3.05) is 5.75 Å². The second-order valence-corrected chi connectivity index (χ2v) is 8.70. The van der Waals surface area contributed by atoms with E-state index in [2.05, 4.69) is 24.6 Å². The summed E-state index contributed by atoms with van der Waals surface area (Å²) < 4.78 is 12.1. The first-order valence-corrected chi connectivity index (χ1v) is 10.3. The molecule has 2 heterocycles. The van der Waals surface area contributed by atoms with Crippen LogP contribution in [0.3, 0.4) is 0 Å². The molecule has 0 N–H and O–H groups in total. The number of esters is 1. The molecular formula is C19H25NO3S2. The van der Waals surface area contributed by atoms with Crippen molar-refractivity contribution < 1.29 is 14.3 Å². The normalized spacial score (nSPS) is 13.7. The number of thioether (sulfide) groups is 1. The maximum absolute atomic E-state index is 11.5. The summed E-state index contributed by atoms with van der Waals surface area (Å²) in [6.45, 7) is 7.95. The molecule has 2 rings (SSSR count). The highest BCUT2D eigenvalue weighted by atomic mass is 32.2. The number of carbonyl (C=O) groups is 1. The van der Waals surface area contributed by atoms with Crippen LogP contribution in [0.1, 0.15) is 45.5 Å². The third kappa shape index (κ3) is 7.10. The molecule has 0 saturated heterocycles. The predicted molar refractivity (Wildman–Crippen MR) is 103 cm³/mol. The van der Waals surface area contributed by atoms with E-state index < -0.39 is 0 Å². The van der Waals surface area contributed by atoms with Crippen LogP contribution in [0.15, 0.2) is 39.8 Å². The second kappa shape index (κ2) is 9.85. The van der Waals surface area contributed by atoms with Gasteiger partial charge in [-0.15, -0.1) is 23.1 Å². The van der Waals surface area contributed by atoms with E-state index in [-0.39, 0.29) is 12.1 Å². The van der Waals surface area contributed by atoms with Gasteiger partial charge in [0.2, 0.25) is 0 Å². The number of aromatic nitrogens is 1. The van der Waals surface area contributed by atoms with E-state index in [1.165, 1.54) is 0 Å². The molecule has 1 aliphatic rings. The van der Waals surface area contributed by atoms with Crippen molar-refractivity contribution in [3.8, 4) is 0 Å². The van der Waals surface area contributed by atoms with E-state index in [4.69, 9.17) is 9.47 Å². The van der Waals surface area contributed by atoms with Gasteiger partial charge >= 0.3 is 5.97 Å². The van der Waals surface area contributed by atoms with Gasteiger partial charge in [0.05, 0.1) is 27.3 Å². The van der Waals surface area contributed by atoms with Crippen LogP contribution in [0.2, 0.25) is 0 Å². The van der Waals surface area contributed by atoms with Crippen LogP contribution < -0.4 is 0 Å². The van der Waals surface area contributed by atoms with Gasteiger partial charge in [-0.1, -0.05) is 19.6 Å². The minimum atomic E-state index is -0.136. The first kappa shape index (κ1) is 19.8. The number of ether oxygens (including phenoxy) is 2. The molecule has 1 aromatic heterocycles. The summed E-state index contributed by atoms with van der Waals surface area (Å²) in [5, 5.41) is 1.05. The summed E-state index contributed by atoms with van der Waals surface area (Å²) >= 11 is 3.37. The second-order valence-electron chi connectivity index (χ2n) is 6.31. The van der Waals surface area contributed by atoms with Crippen molar-refractivity contribution in [1.29, 1.82) is 0 Å². The van der Waals surface area contributed by atoms with Crippen LogP contribution in [0.25, 0.3) is 0 Å². The zero-order chi connectivity index (χ0) is 18.2. The molecule has 0 amide bonds. The Hall–Kier alpha value is -1.49. The molecule has 0 bridgehead atoms. The molecule has 4 nitrogen and oxygen atoms in total. The quantitative estimate of drug-likeness (QED) is 0.339. The van der Waals surface area contributed by atoms with Gasteiger partial charge in [-0.3, -0.25) is 4.79 Å². The van der Waals surface area contributed by atoms with Crippen LogP contribution in [-0.4, -0.2) is 22.8 Å². The van der Waals surface area contributed by atoms with E-state index in [1.807, 2.05) is 32.2 Å². The summed E-state index contributed by atoms with van der Waals surface area (Å²) in [4.78, 5) is 16.0. The Balaban J connectivity index is 1.73. The van der Waals surface area contributed by atoms with Crippen molar-refractivity contribution in [3.63, 3.8) is 0 Å². The highest BCUT2D eigenvalue weighted by Gasteiger charge is 2.12. The molecule has 0 aromatic carbocycles. The van der Waals surface area contributed by atoms with Gasteiger partial charge in [0, 0.05) is 12.3 Å². The molecule has 0 aliphatic carbocycles. The highest BCUT2D eigenvalue weighted by Crippen LogP contribution is 2.29. The topological polar surface area (TPSA) is 48.4 Å². The summed E-state index contributed by atoms with van der Waals surface area (Å²) in [6, 6.07) is 0. The van der Waals surface area contributed by atoms with Crippen LogP contribution in [0.4, 0.5) is 0 Å². The molecule has 0 radical (unpaired) electrons. The molecule has 0 saturated carbocycles. The summed E-state index contributed by atoms with van der Waals surface area (Å²) in [7, 11) is 0. The molecule has 1 aliphatic heterocycles. The van der Waals surface area contributed by atoms with Crippen molar-refractivity contribution in [1.82, 2.24) is 4.98 Å². The van der Waals surface area contributed by atoms with Crippen molar-refractivity contribution in [3.05, 3.63) is 40.6 Å². The lowest BCUT2D eigenvalue weighted by Gasteiger charge is -2.15. The van der Waals surface area contributed by atoms with E-state index in [0.29, 0.717) is 12.3 Å². The number of nitrogens with zero attached hydrogens (tertiary/aromatic N) is 1. The number of hydrogen-bond donors (Lipinski definition) is 0. The number of hydrogen-bond acceptors (Lipinski definition) is 6. The van der Waals surface area contributed by atoms with Crippen molar-refractivity contribution in [2.45, 2.75) is 57.3 Å². The lowest BCUT2D eigenvalue weighted by atomic mass is 10.1. The van der Waals surface area contributed by atoms with Gasteiger partial charge in [-0.05, 0) is 38.8 Å². The standard InChI is InChI=1S/C19H25NO3S2/c1-13(2)16-8-5-7-15(23-16)12-24-19-11-20-17(25-19)9-6-10-18(21)22-14(3)4/h5,8,11,13-14H,6,9-10,12H2,1-4H3. The van der Waals surface area contributed by atoms with Gasteiger partial charge in [0.25, 0.3) is 0 Å². The van der Waals surface area contributed by atoms with Crippen LogP contribution in [0.5, 0.6) is 0 Å². The number of thiazole rings is 1. The maximum Gasteiger partial charge on any atom is 0.306 e. The molecule has 0 unspecified atom stereocenters. The zero-order valence-corrected chi connectivity index (χ0v) is 16.8. The molecule has 1 aromatic rings. The molecule has 0 spiro atoms. The van der Waals surface area contributed by atoms with Gasteiger partial charge in [0.1, 0.15) is 5.76 Å². The third-order valence-electron chi connectivity index (χ3n) is 3.32. The fourth-order valence-corrected chi connectivity index (χ4v) is 4.06. The Morgan fingerprint density at radius 3 is 2.92 bits per heavy atom. The maximum atomic E-state index is 11.5. The largest absolute Gasteiger partial charge is 0.463 e. The van der Waals surface area contributed by atoms with Crippen LogP contribution >= 0.6 is 23.1 Å². The smallest absolute Gasteiger partial charge is 0.306 e. The average Bonchev–Trinajstić information content (AvgIpc) is 3.00. The number of allylic oxidation sites excluding steroid dienone is 2. The monoisotopic (exact) mass is 379 g/mol. The van der Waals surface area contributed by atoms with Gasteiger partial charge in [0.15, 0.2) is 5.76 Å². The lowest BCUT2D eigenvalue weighted by Crippen LogP contribution is -2.11. The van der Waals surface area contributed by atoms with Gasteiger partial charge < -0.3 is 9.47 Å². The molecule has 25 heavy (non-hydrogen) atoms. The average molecular weight is 380 g/mol. The summed E-state index contributed by atoms with van der Waals surface area (Å²) in [5.41, 5.74) is 3.15. The Bertz CT molecular complexity index is 683. The first-order valence-electron chi connectivity index (χ1n) is 8.54. The third-order valence-corrected chi connectivity index (χ3v) is 5.57. The van der Waals surface area contributed by atoms with Crippen molar-refractivity contribution in [2.24, 2.45) is 5.92 Å². The number of carbonyl (C=O) groups excluding carboxylic acids is 1. The lowest BCUT2D eigenvalue weighted by molar-refractivity contribution is -0.147. The number of aryl methyl sites for hydroxylation is 1. The van der Waals surface area contributed by atoms with Crippen LogP contribution in [-0.2, 0) is 20.7 Å². The molecule has 0 atom stereocenters. The Kier molecular flexibility index (Phi) is 7.82. The van der Waals surface area contributed by atoms with E-state index in [0.717, 1.165) is 39.3 Å². The highest BCUT2D eigenvalue weighted by molar-refractivity contribution is 8.01. The summed E-state index contributed by atoms with van der Waals surface area (Å²) in [6.07, 6.45) is 7.74. The molecule has 0 fully saturated rings. The zero-order valence-electron chi connectivity index (χ0n) is 15.2. The van der Waals surface area contributed by atoms with E-state index in [9.17, 15) is 4.79 Å². The Labute approximate surface area is 158 Å². The van der Waals surface area contributed by atoms with E-state index >= 15 is 0 Å². The van der Waals surface area contributed by atoms with Gasteiger partial charge in [-0.2, -0.15) is 0 Å². The SMILES string of the molecule is CC(C)OC(=O)CCCc1ncc(SCC2=C=CC=C(C(C)C)O2)s1. The Morgan fingerprint density at radius 1 is 1.40 bits per heavy atom. The van der Waals surface area contributed by atoms with E-state index in [1.54, 1.807) is 23.1 Å². The first-order chi connectivity index (χ1) is 11.9. The van der Waals surface area contributed by atoms with Crippen molar-refractivity contribution >= 4 is 29.1 Å². The van der Waals surface area contributed by atoms with Crippen LogP contribution in [0, 0.1) is 5.92 Å². The molecule has 136 valence electrons. The summed E-state index contributed by atoms with van der Waals surface area (Å²) in [5.74, 6) is 2.80. The number of rotatable bonds is 9. The van der Waals surface area contributed by atoms with Gasteiger partial charge in [-0.25, -0.2) is 4.98 Å². The minimum Gasteiger partial charge on any atom is -0.463 e. The fourth-order valence-electron chi connectivity index (χ4n) is 2.12. The fraction of sp³-hybridized carbons (Fsp3) is 0.526. The Morgan fingerprint density at radius 2 is 2.20 bits per heavy atom. The minimum absolute atomic E-state index is 0.0493. The molecule has 6 heteroatoms.